The van der Waals surface area contributed by atoms with Crippen LogP contribution >= 0.6 is 0 Å². The summed E-state index contributed by atoms with van der Waals surface area (Å²) < 4.78 is 2.33. The first-order valence-electron chi connectivity index (χ1n) is 12.0. The largest absolute Gasteiger partial charge is 0.295 e. The van der Waals surface area contributed by atoms with Crippen LogP contribution in [0.3, 0.4) is 0 Å². The van der Waals surface area contributed by atoms with E-state index in [1.54, 1.807) is 0 Å². The highest BCUT2D eigenvalue weighted by molar-refractivity contribution is 5.81. The average Bonchev–Trinajstić information content (AvgIpc) is 3.45. The number of hydrogen-bond acceptors (Lipinski definition) is 1. The van der Waals surface area contributed by atoms with Crippen LogP contribution in [0.1, 0.15) is 39.6 Å². The molecule has 0 saturated heterocycles. The SMILES string of the molecule is c1ccc([C](c2ccccc2)c2ccc(C3c4ccccc4-n4c3nc3ccccc34)cc2)cc1. The molecule has 165 valence electrons. The molecule has 1 unspecified atom stereocenters. The number of nitrogens with zero attached hydrogens (tertiary/aromatic N) is 2. The van der Waals surface area contributed by atoms with Gasteiger partial charge in [-0.3, -0.25) is 4.57 Å². The first-order valence-corrected chi connectivity index (χ1v) is 12.0. The smallest absolute Gasteiger partial charge is 0.126 e. The number of para-hydroxylation sites is 3. The Balaban J connectivity index is 1.35. The lowest BCUT2D eigenvalue weighted by molar-refractivity contribution is 0.909. The first-order chi connectivity index (χ1) is 17.4. The number of fused-ring (bicyclic) bond motifs is 5. The highest BCUT2D eigenvalue weighted by Gasteiger charge is 2.33. The van der Waals surface area contributed by atoms with Gasteiger partial charge in [0.05, 0.1) is 28.6 Å². The molecule has 1 aliphatic heterocycles. The topological polar surface area (TPSA) is 17.8 Å². The summed E-state index contributed by atoms with van der Waals surface area (Å²) in [5, 5.41) is 0. The van der Waals surface area contributed by atoms with Gasteiger partial charge in [-0.15, -0.1) is 0 Å². The molecule has 0 spiro atoms. The minimum atomic E-state index is 0.115. The molecule has 0 bridgehead atoms. The molecule has 0 fully saturated rings. The van der Waals surface area contributed by atoms with Gasteiger partial charge in [0.2, 0.25) is 0 Å². The van der Waals surface area contributed by atoms with Crippen molar-refractivity contribution in [2.24, 2.45) is 0 Å². The first kappa shape index (κ1) is 20.0. The molecular formula is C33H23N2. The Labute approximate surface area is 205 Å². The summed E-state index contributed by atoms with van der Waals surface area (Å²) in [4.78, 5) is 5.08. The molecule has 0 N–H and O–H groups in total. The third kappa shape index (κ3) is 3.22. The maximum Gasteiger partial charge on any atom is 0.126 e. The second kappa shape index (κ2) is 8.11. The molecule has 2 nitrogen and oxygen atoms in total. The minimum absolute atomic E-state index is 0.115. The van der Waals surface area contributed by atoms with Gasteiger partial charge in [0.15, 0.2) is 0 Å². The minimum Gasteiger partial charge on any atom is -0.295 e. The van der Waals surface area contributed by atoms with Gasteiger partial charge in [0.1, 0.15) is 5.82 Å². The molecule has 0 saturated carbocycles. The van der Waals surface area contributed by atoms with Crippen molar-refractivity contribution in [2.75, 3.05) is 0 Å². The molecule has 1 aromatic heterocycles. The van der Waals surface area contributed by atoms with Crippen molar-refractivity contribution in [1.82, 2.24) is 9.55 Å². The van der Waals surface area contributed by atoms with E-state index < -0.39 is 0 Å². The zero-order chi connectivity index (χ0) is 23.2. The Bertz CT molecular complexity index is 1590. The van der Waals surface area contributed by atoms with Crippen LogP contribution in [0.25, 0.3) is 16.7 Å². The van der Waals surface area contributed by atoms with Gasteiger partial charge in [-0.2, -0.15) is 0 Å². The number of rotatable bonds is 4. The van der Waals surface area contributed by atoms with E-state index in [1.165, 1.54) is 39.4 Å². The third-order valence-electron chi connectivity index (χ3n) is 6.99. The molecule has 2 heteroatoms. The molecule has 0 amide bonds. The maximum atomic E-state index is 5.08. The monoisotopic (exact) mass is 447 g/mol. The van der Waals surface area contributed by atoms with Gasteiger partial charge >= 0.3 is 0 Å². The molecule has 35 heavy (non-hydrogen) atoms. The lowest BCUT2D eigenvalue weighted by Gasteiger charge is -2.19. The molecule has 7 rings (SSSR count). The highest BCUT2D eigenvalue weighted by Crippen LogP contribution is 2.44. The molecule has 1 radical (unpaired) electrons. The predicted octanol–water partition coefficient (Wildman–Crippen LogP) is 7.54. The number of aromatic nitrogens is 2. The second-order valence-electron chi connectivity index (χ2n) is 9.02. The van der Waals surface area contributed by atoms with E-state index in [0.717, 1.165) is 16.9 Å². The van der Waals surface area contributed by atoms with Crippen LogP contribution in [0.2, 0.25) is 0 Å². The molecular weight excluding hydrogens is 424 g/mol. The summed E-state index contributed by atoms with van der Waals surface area (Å²) in [7, 11) is 0. The summed E-state index contributed by atoms with van der Waals surface area (Å²) in [5.74, 6) is 2.46. The predicted molar refractivity (Wildman–Crippen MR) is 142 cm³/mol. The Morgan fingerprint density at radius 2 is 1.11 bits per heavy atom. The number of hydrogen-bond donors (Lipinski definition) is 0. The quantitative estimate of drug-likeness (QED) is 0.255. The van der Waals surface area contributed by atoms with Gasteiger partial charge in [0, 0.05) is 0 Å². The lowest BCUT2D eigenvalue weighted by atomic mass is 9.83. The third-order valence-corrected chi connectivity index (χ3v) is 6.99. The highest BCUT2D eigenvalue weighted by atomic mass is 15.1. The maximum absolute atomic E-state index is 5.08. The van der Waals surface area contributed by atoms with Crippen LogP contribution in [0, 0.1) is 5.92 Å². The molecule has 1 aliphatic rings. The van der Waals surface area contributed by atoms with Gasteiger partial charge < -0.3 is 0 Å². The van der Waals surface area contributed by atoms with E-state index >= 15 is 0 Å². The normalized spacial score (nSPS) is 14.3. The van der Waals surface area contributed by atoms with Crippen LogP contribution in [0.15, 0.2) is 133 Å². The van der Waals surface area contributed by atoms with Gasteiger partial charge in [-0.1, -0.05) is 115 Å². The van der Waals surface area contributed by atoms with E-state index in [0.29, 0.717) is 0 Å². The van der Waals surface area contributed by atoms with Crippen molar-refractivity contribution in [3.05, 3.63) is 173 Å². The van der Waals surface area contributed by atoms with Crippen LogP contribution in [-0.2, 0) is 0 Å². The van der Waals surface area contributed by atoms with Gasteiger partial charge in [-0.05, 0) is 46.0 Å². The molecule has 1 atom stereocenters. The summed E-state index contributed by atoms with van der Waals surface area (Å²) >= 11 is 0. The van der Waals surface area contributed by atoms with Crippen molar-refractivity contribution in [3.63, 3.8) is 0 Å². The van der Waals surface area contributed by atoms with Gasteiger partial charge in [-0.25, -0.2) is 4.98 Å². The standard InChI is InChI=1S/C33H23N2/c1-3-11-23(12-4-1)31(24-13-5-2-6-14-24)25-19-21-26(22-20-25)32-27-15-7-9-17-29(27)35-30-18-10-8-16-28(30)34-33(32)35/h1-22,32H. The van der Waals surface area contributed by atoms with Crippen molar-refractivity contribution in [2.45, 2.75) is 5.92 Å². The Hall–Kier alpha value is -4.43. The van der Waals surface area contributed by atoms with Crippen LogP contribution in [0.5, 0.6) is 0 Å². The summed E-state index contributed by atoms with van der Waals surface area (Å²) in [5.41, 5.74) is 9.66. The van der Waals surface area contributed by atoms with Crippen molar-refractivity contribution in [1.29, 1.82) is 0 Å². The van der Waals surface area contributed by atoms with Crippen LogP contribution in [0.4, 0.5) is 0 Å². The average molecular weight is 448 g/mol. The van der Waals surface area contributed by atoms with E-state index in [9.17, 15) is 0 Å². The van der Waals surface area contributed by atoms with E-state index in [-0.39, 0.29) is 5.92 Å². The van der Waals surface area contributed by atoms with E-state index in [4.69, 9.17) is 4.98 Å². The van der Waals surface area contributed by atoms with Crippen LogP contribution in [-0.4, -0.2) is 9.55 Å². The Kier molecular flexibility index (Phi) is 4.63. The molecule has 2 heterocycles. The summed E-state index contributed by atoms with van der Waals surface area (Å²) in [6.07, 6.45) is 0. The molecule has 0 aliphatic carbocycles. The fraction of sp³-hybridized carbons (Fsp3) is 0.0303. The fourth-order valence-electron chi connectivity index (χ4n) is 5.45. The van der Waals surface area contributed by atoms with Crippen molar-refractivity contribution >= 4 is 11.0 Å². The van der Waals surface area contributed by atoms with Gasteiger partial charge in [0.25, 0.3) is 0 Å². The number of imidazole rings is 1. The zero-order valence-corrected chi connectivity index (χ0v) is 19.2. The van der Waals surface area contributed by atoms with E-state index in [1.807, 2.05) is 0 Å². The fourth-order valence-corrected chi connectivity index (χ4v) is 5.45. The van der Waals surface area contributed by atoms with Crippen molar-refractivity contribution in [3.8, 4) is 5.69 Å². The van der Waals surface area contributed by atoms with Crippen LogP contribution < -0.4 is 0 Å². The second-order valence-corrected chi connectivity index (χ2v) is 9.02. The van der Waals surface area contributed by atoms with E-state index in [2.05, 4.69) is 138 Å². The zero-order valence-electron chi connectivity index (χ0n) is 19.2. The van der Waals surface area contributed by atoms with Crippen molar-refractivity contribution < 1.29 is 0 Å². The Morgan fingerprint density at radius 3 is 1.83 bits per heavy atom. The lowest BCUT2D eigenvalue weighted by Crippen LogP contribution is -2.06. The summed E-state index contributed by atoms with van der Waals surface area (Å²) in [6, 6.07) is 47.5. The summed E-state index contributed by atoms with van der Waals surface area (Å²) in [6.45, 7) is 0. The number of benzene rings is 5. The molecule has 6 aromatic rings. The molecule has 5 aromatic carbocycles. The Morgan fingerprint density at radius 1 is 0.543 bits per heavy atom.